The van der Waals surface area contributed by atoms with Gasteiger partial charge in [0.15, 0.2) is 0 Å². The van der Waals surface area contributed by atoms with E-state index in [1.807, 2.05) is 6.07 Å². The van der Waals surface area contributed by atoms with Crippen molar-refractivity contribution in [2.24, 2.45) is 0 Å². The third-order valence-electron chi connectivity index (χ3n) is 2.54. The van der Waals surface area contributed by atoms with Crippen molar-refractivity contribution in [3.63, 3.8) is 0 Å². The number of amides is 1. The Morgan fingerprint density at radius 1 is 1.23 bits per heavy atom. The van der Waals surface area contributed by atoms with E-state index >= 15 is 0 Å². The molecule has 122 valence electrons. The van der Waals surface area contributed by atoms with Gasteiger partial charge in [0.05, 0.1) is 13.4 Å². The smallest absolute Gasteiger partial charge is 0.408 e. The summed E-state index contributed by atoms with van der Waals surface area (Å²) in [5.74, 6) is -0.784. The minimum absolute atomic E-state index is 0.0278. The zero-order valence-corrected chi connectivity index (χ0v) is 13.1. The predicted molar refractivity (Wildman–Crippen MR) is 78.4 cm³/mol. The molecular weight excluding hydrogens is 312 g/mol. The van der Waals surface area contributed by atoms with Gasteiger partial charge >= 0.3 is 12.1 Å². The number of alkyl carbamates (subject to hydrolysis) is 1. The minimum atomic E-state index is -3.50. The van der Waals surface area contributed by atoms with E-state index in [0.717, 1.165) is 18.9 Å². The van der Waals surface area contributed by atoms with Crippen LogP contribution in [0.5, 0.6) is 0 Å². The van der Waals surface area contributed by atoms with Crippen LogP contribution in [0, 0.1) is 0 Å². The molecule has 1 rings (SSSR count). The Morgan fingerprint density at radius 3 is 2.41 bits per heavy atom. The second-order valence-electron chi connectivity index (χ2n) is 4.40. The van der Waals surface area contributed by atoms with Crippen LogP contribution in [0.15, 0.2) is 30.3 Å². The number of hydrogen-bond donors (Lipinski definition) is 2. The molecule has 0 fully saturated rings. The molecule has 22 heavy (non-hydrogen) atoms. The molecule has 2 N–H and O–H groups in total. The Morgan fingerprint density at radius 2 is 1.86 bits per heavy atom. The van der Waals surface area contributed by atoms with Crippen LogP contribution < -0.4 is 10.0 Å². The summed E-state index contributed by atoms with van der Waals surface area (Å²) in [6.07, 6.45) is 0.0873. The van der Waals surface area contributed by atoms with Crippen molar-refractivity contribution in [1.82, 2.24) is 10.0 Å². The number of methoxy groups -OCH3 is 1. The van der Waals surface area contributed by atoms with Crippen LogP contribution in [0.25, 0.3) is 0 Å². The molecule has 1 aromatic carbocycles. The van der Waals surface area contributed by atoms with E-state index in [9.17, 15) is 18.0 Å². The van der Waals surface area contributed by atoms with Crippen LogP contribution in [0.4, 0.5) is 4.79 Å². The maximum absolute atomic E-state index is 11.7. The van der Waals surface area contributed by atoms with Gasteiger partial charge in [0.2, 0.25) is 10.0 Å². The third kappa shape index (κ3) is 7.04. The Labute approximate surface area is 128 Å². The van der Waals surface area contributed by atoms with Gasteiger partial charge in [-0.05, 0) is 5.56 Å². The lowest BCUT2D eigenvalue weighted by Gasteiger charge is -2.16. The van der Waals surface area contributed by atoms with E-state index in [-0.39, 0.29) is 13.2 Å². The van der Waals surface area contributed by atoms with Crippen molar-refractivity contribution in [3.8, 4) is 0 Å². The highest BCUT2D eigenvalue weighted by molar-refractivity contribution is 7.88. The molecule has 0 aliphatic carbocycles. The number of esters is 1. The Kier molecular flexibility index (Phi) is 6.80. The third-order valence-corrected chi connectivity index (χ3v) is 3.23. The monoisotopic (exact) mass is 330 g/mol. The van der Waals surface area contributed by atoms with Crippen molar-refractivity contribution in [2.75, 3.05) is 19.9 Å². The number of sulfonamides is 1. The molecule has 0 unspecified atom stereocenters. The fourth-order valence-corrected chi connectivity index (χ4v) is 1.95. The summed E-state index contributed by atoms with van der Waals surface area (Å²) in [4.78, 5) is 23.2. The van der Waals surface area contributed by atoms with Crippen molar-refractivity contribution in [3.05, 3.63) is 35.9 Å². The average molecular weight is 330 g/mol. The Balaban J connectivity index is 2.53. The summed E-state index contributed by atoms with van der Waals surface area (Å²) in [6.45, 7) is -0.300. The van der Waals surface area contributed by atoms with Gasteiger partial charge in [-0.1, -0.05) is 30.3 Å². The maximum atomic E-state index is 11.7. The first-order valence-electron chi connectivity index (χ1n) is 6.31. The summed E-state index contributed by atoms with van der Waals surface area (Å²) in [5, 5.41) is 2.25. The zero-order valence-electron chi connectivity index (χ0n) is 12.2. The molecule has 0 aliphatic rings. The van der Waals surface area contributed by atoms with Crippen molar-refractivity contribution in [1.29, 1.82) is 0 Å². The molecule has 0 heterocycles. The molecule has 0 saturated heterocycles. The van der Waals surface area contributed by atoms with Crippen molar-refractivity contribution in [2.45, 2.75) is 12.6 Å². The molecule has 0 spiro atoms. The Hall–Kier alpha value is -2.13. The average Bonchev–Trinajstić information content (AvgIpc) is 2.48. The standard InChI is InChI=1S/C13H18N2O6S/c1-20-12(16)11(8-14-22(2,18)19)15-13(17)21-9-10-6-4-3-5-7-10/h3-7,11,14H,8-9H2,1-2H3,(H,15,17)/t11-/m0/s1. The molecule has 1 amide bonds. The number of carbonyl (C=O) groups is 2. The first kappa shape index (κ1) is 17.9. The SMILES string of the molecule is COC(=O)[C@H](CNS(C)(=O)=O)NC(=O)OCc1ccccc1. The van der Waals surface area contributed by atoms with Gasteiger partial charge < -0.3 is 14.8 Å². The fourth-order valence-electron chi connectivity index (χ4n) is 1.48. The molecular formula is C13H18N2O6S. The lowest BCUT2D eigenvalue weighted by Crippen LogP contribution is -2.48. The second kappa shape index (κ2) is 8.35. The maximum Gasteiger partial charge on any atom is 0.408 e. The summed E-state index contributed by atoms with van der Waals surface area (Å²) in [6, 6.07) is 7.79. The number of ether oxygens (including phenoxy) is 2. The van der Waals surface area contributed by atoms with Gasteiger partial charge in [0.25, 0.3) is 0 Å². The number of hydrogen-bond acceptors (Lipinski definition) is 6. The fraction of sp³-hybridized carbons (Fsp3) is 0.385. The number of benzene rings is 1. The van der Waals surface area contributed by atoms with Gasteiger partial charge in [-0.25, -0.2) is 22.7 Å². The lowest BCUT2D eigenvalue weighted by atomic mass is 10.2. The molecule has 1 atom stereocenters. The van der Waals surface area contributed by atoms with E-state index in [2.05, 4.69) is 14.8 Å². The highest BCUT2D eigenvalue weighted by Gasteiger charge is 2.23. The van der Waals surface area contributed by atoms with Gasteiger partial charge in [0.1, 0.15) is 12.6 Å². The van der Waals surface area contributed by atoms with Crippen LogP contribution in [0.3, 0.4) is 0 Å². The first-order chi connectivity index (χ1) is 10.3. The predicted octanol–water partition coefficient (Wildman–Crippen LogP) is 0.00360. The van der Waals surface area contributed by atoms with Gasteiger partial charge in [0, 0.05) is 6.54 Å². The van der Waals surface area contributed by atoms with E-state index in [1.165, 1.54) is 0 Å². The summed E-state index contributed by atoms with van der Waals surface area (Å²) in [5.41, 5.74) is 0.779. The van der Waals surface area contributed by atoms with E-state index in [0.29, 0.717) is 0 Å². The largest absolute Gasteiger partial charge is 0.467 e. The zero-order chi connectivity index (χ0) is 16.6. The quantitative estimate of drug-likeness (QED) is 0.681. The number of nitrogens with one attached hydrogen (secondary N) is 2. The topological polar surface area (TPSA) is 111 Å². The van der Waals surface area contributed by atoms with Crippen LogP contribution in [0.1, 0.15) is 5.56 Å². The molecule has 0 radical (unpaired) electrons. The molecule has 0 bridgehead atoms. The second-order valence-corrected chi connectivity index (χ2v) is 6.24. The lowest BCUT2D eigenvalue weighted by molar-refractivity contribution is -0.142. The first-order valence-corrected chi connectivity index (χ1v) is 8.20. The van der Waals surface area contributed by atoms with Crippen LogP contribution >= 0.6 is 0 Å². The molecule has 0 saturated carbocycles. The van der Waals surface area contributed by atoms with Gasteiger partial charge in [-0.15, -0.1) is 0 Å². The van der Waals surface area contributed by atoms with Crippen molar-refractivity contribution >= 4 is 22.1 Å². The highest BCUT2D eigenvalue weighted by atomic mass is 32.2. The number of carbonyl (C=O) groups excluding carboxylic acids is 2. The van der Waals surface area contributed by atoms with E-state index in [1.54, 1.807) is 24.3 Å². The van der Waals surface area contributed by atoms with Crippen molar-refractivity contribution < 1.29 is 27.5 Å². The minimum Gasteiger partial charge on any atom is -0.467 e. The van der Waals surface area contributed by atoms with Gasteiger partial charge in [-0.2, -0.15) is 0 Å². The Bertz CT molecular complexity index is 602. The summed E-state index contributed by atoms with van der Waals surface area (Å²) >= 11 is 0. The molecule has 0 aromatic heterocycles. The van der Waals surface area contributed by atoms with Crippen LogP contribution in [-0.4, -0.2) is 46.4 Å². The molecule has 1 aromatic rings. The van der Waals surface area contributed by atoms with E-state index in [4.69, 9.17) is 4.74 Å². The number of rotatable bonds is 7. The van der Waals surface area contributed by atoms with E-state index < -0.39 is 28.1 Å². The normalized spacial score (nSPS) is 12.3. The van der Waals surface area contributed by atoms with Crippen LogP contribution in [-0.2, 0) is 30.9 Å². The summed E-state index contributed by atoms with van der Waals surface area (Å²) < 4.78 is 33.6. The molecule has 8 nitrogen and oxygen atoms in total. The molecule has 9 heteroatoms. The molecule has 0 aliphatic heterocycles. The van der Waals surface area contributed by atoms with Gasteiger partial charge in [-0.3, -0.25) is 0 Å². The highest BCUT2D eigenvalue weighted by Crippen LogP contribution is 2.01. The van der Waals surface area contributed by atoms with Crippen LogP contribution in [0.2, 0.25) is 0 Å². The summed E-state index contributed by atoms with van der Waals surface area (Å²) in [7, 11) is -2.37.